The normalized spacial score (nSPS) is 28.8. The predicted octanol–water partition coefficient (Wildman–Crippen LogP) is 4.95. The molecule has 1 saturated heterocycles. The Morgan fingerprint density at radius 2 is 1.21 bits per heavy atom. The molecule has 2 N–H and O–H groups in total. The Labute approximate surface area is 144 Å². The third kappa shape index (κ3) is 3.09. The fourth-order valence-electron chi connectivity index (χ4n) is 4.06. The molecule has 126 valence electrons. The van der Waals surface area contributed by atoms with Crippen LogP contribution in [-0.4, -0.2) is 10.9 Å². The molecule has 0 bridgehead atoms. The van der Waals surface area contributed by atoms with Crippen LogP contribution in [0.5, 0.6) is 0 Å². The number of piperidine rings is 1. The second-order valence-electron chi connectivity index (χ2n) is 6.50. The van der Waals surface area contributed by atoms with E-state index in [0.717, 1.165) is 18.6 Å². The first-order chi connectivity index (χ1) is 11.8. The first kappa shape index (κ1) is 16.7. The van der Waals surface area contributed by atoms with E-state index in [1.807, 2.05) is 12.1 Å². The second kappa shape index (κ2) is 7.63. The largest absolute Gasteiger partial charge is 0.411 e. The highest BCUT2D eigenvalue weighted by Crippen LogP contribution is 2.41. The molecule has 2 aromatic carbocycles. The molecule has 0 unspecified atom stereocenters. The molecule has 3 heteroatoms. The first-order valence-corrected chi connectivity index (χ1v) is 8.87. The standard InChI is InChI=1S/C21H26N2O/c1-3-17-19(15-11-7-5-8-12-15)22-20(16-13-9-6-10-14-16)18(4-2)21(17)23-24/h5-14,17-20,22,24H,3-4H2,1-2H3/t17-,18-,19-,20+/m1/s1. The molecule has 4 atom stereocenters. The lowest BCUT2D eigenvalue weighted by atomic mass is 9.72. The summed E-state index contributed by atoms with van der Waals surface area (Å²) >= 11 is 0. The number of rotatable bonds is 4. The van der Waals surface area contributed by atoms with E-state index < -0.39 is 0 Å². The van der Waals surface area contributed by atoms with Crippen LogP contribution < -0.4 is 5.32 Å². The highest BCUT2D eigenvalue weighted by atomic mass is 16.4. The van der Waals surface area contributed by atoms with Gasteiger partial charge in [0.15, 0.2) is 0 Å². The fourth-order valence-corrected chi connectivity index (χ4v) is 4.06. The van der Waals surface area contributed by atoms with E-state index in [-0.39, 0.29) is 23.9 Å². The van der Waals surface area contributed by atoms with Crippen LogP contribution in [0.25, 0.3) is 0 Å². The van der Waals surface area contributed by atoms with Crippen molar-refractivity contribution in [2.45, 2.75) is 38.8 Å². The molecule has 0 radical (unpaired) electrons. The quantitative estimate of drug-likeness (QED) is 0.617. The Hall–Kier alpha value is -2.13. The maximum absolute atomic E-state index is 9.78. The summed E-state index contributed by atoms with van der Waals surface area (Å²) in [6.07, 6.45) is 1.90. The Balaban J connectivity index is 2.04. The average molecular weight is 322 g/mol. The first-order valence-electron chi connectivity index (χ1n) is 8.87. The summed E-state index contributed by atoms with van der Waals surface area (Å²) in [4.78, 5) is 0. The van der Waals surface area contributed by atoms with Crippen molar-refractivity contribution in [3.8, 4) is 0 Å². The molecule has 0 saturated carbocycles. The minimum absolute atomic E-state index is 0.162. The lowest BCUT2D eigenvalue weighted by Gasteiger charge is -2.43. The maximum Gasteiger partial charge on any atom is 0.0670 e. The van der Waals surface area contributed by atoms with E-state index in [4.69, 9.17) is 0 Å². The third-order valence-electron chi connectivity index (χ3n) is 5.24. The van der Waals surface area contributed by atoms with Gasteiger partial charge in [-0.25, -0.2) is 0 Å². The highest BCUT2D eigenvalue weighted by molar-refractivity contribution is 5.91. The minimum Gasteiger partial charge on any atom is -0.411 e. The molecule has 0 aromatic heterocycles. The van der Waals surface area contributed by atoms with Crippen molar-refractivity contribution in [1.82, 2.24) is 5.32 Å². The van der Waals surface area contributed by atoms with Gasteiger partial charge in [-0.2, -0.15) is 0 Å². The predicted molar refractivity (Wildman–Crippen MR) is 98.3 cm³/mol. The van der Waals surface area contributed by atoms with Gasteiger partial charge < -0.3 is 10.5 Å². The van der Waals surface area contributed by atoms with Crippen molar-refractivity contribution in [2.24, 2.45) is 17.0 Å². The van der Waals surface area contributed by atoms with Crippen molar-refractivity contribution < 1.29 is 5.21 Å². The van der Waals surface area contributed by atoms with Gasteiger partial charge in [-0.15, -0.1) is 0 Å². The Bertz CT molecular complexity index is 613. The molecule has 1 heterocycles. The van der Waals surface area contributed by atoms with Gasteiger partial charge in [0.25, 0.3) is 0 Å². The topological polar surface area (TPSA) is 44.6 Å². The SMILES string of the molecule is CC[C@H]1C(=NO)[C@H](CC)[C@H](c2ccccc2)N[C@@H]1c1ccccc1. The van der Waals surface area contributed by atoms with Gasteiger partial charge in [-0.3, -0.25) is 0 Å². The Kier molecular flexibility index (Phi) is 5.31. The van der Waals surface area contributed by atoms with E-state index in [1.54, 1.807) is 0 Å². The highest BCUT2D eigenvalue weighted by Gasteiger charge is 2.41. The lowest BCUT2D eigenvalue weighted by molar-refractivity contribution is 0.252. The zero-order valence-corrected chi connectivity index (χ0v) is 14.4. The number of nitrogens with zero attached hydrogens (tertiary/aromatic N) is 1. The summed E-state index contributed by atoms with van der Waals surface area (Å²) in [6, 6.07) is 21.3. The van der Waals surface area contributed by atoms with Crippen LogP contribution in [0.2, 0.25) is 0 Å². The number of benzene rings is 2. The van der Waals surface area contributed by atoms with E-state index >= 15 is 0 Å². The Morgan fingerprint density at radius 3 is 1.54 bits per heavy atom. The van der Waals surface area contributed by atoms with E-state index in [2.05, 4.69) is 72.9 Å². The summed E-state index contributed by atoms with van der Waals surface area (Å²) < 4.78 is 0. The zero-order chi connectivity index (χ0) is 16.9. The number of hydrogen-bond donors (Lipinski definition) is 2. The molecule has 24 heavy (non-hydrogen) atoms. The smallest absolute Gasteiger partial charge is 0.0670 e. The summed E-state index contributed by atoms with van der Waals surface area (Å²) in [7, 11) is 0. The average Bonchev–Trinajstić information content (AvgIpc) is 2.67. The number of oxime groups is 1. The minimum atomic E-state index is 0.162. The van der Waals surface area contributed by atoms with Crippen LogP contribution in [-0.2, 0) is 0 Å². The van der Waals surface area contributed by atoms with Crippen LogP contribution >= 0.6 is 0 Å². The second-order valence-corrected chi connectivity index (χ2v) is 6.50. The van der Waals surface area contributed by atoms with Crippen LogP contribution in [0.15, 0.2) is 65.8 Å². The van der Waals surface area contributed by atoms with Gasteiger partial charge >= 0.3 is 0 Å². The van der Waals surface area contributed by atoms with Gasteiger partial charge in [0.1, 0.15) is 0 Å². The van der Waals surface area contributed by atoms with Crippen LogP contribution in [0.1, 0.15) is 49.9 Å². The zero-order valence-electron chi connectivity index (χ0n) is 14.4. The molecule has 0 amide bonds. The molecular weight excluding hydrogens is 296 g/mol. The molecule has 0 aliphatic carbocycles. The van der Waals surface area contributed by atoms with E-state index in [9.17, 15) is 5.21 Å². The molecular formula is C21H26N2O. The van der Waals surface area contributed by atoms with Crippen LogP contribution in [0, 0.1) is 11.8 Å². The van der Waals surface area contributed by atoms with Crippen LogP contribution in [0.3, 0.4) is 0 Å². The van der Waals surface area contributed by atoms with Gasteiger partial charge in [0, 0.05) is 23.9 Å². The lowest BCUT2D eigenvalue weighted by Crippen LogP contribution is -2.48. The molecule has 3 nitrogen and oxygen atoms in total. The molecule has 0 spiro atoms. The van der Waals surface area contributed by atoms with E-state index in [1.165, 1.54) is 11.1 Å². The van der Waals surface area contributed by atoms with Gasteiger partial charge in [0.2, 0.25) is 0 Å². The summed E-state index contributed by atoms with van der Waals surface area (Å²) in [5, 5.41) is 17.4. The van der Waals surface area contributed by atoms with Gasteiger partial charge in [-0.1, -0.05) is 79.7 Å². The molecule has 1 aliphatic heterocycles. The molecule has 1 fully saturated rings. The number of nitrogens with one attached hydrogen (secondary N) is 1. The Morgan fingerprint density at radius 1 is 0.792 bits per heavy atom. The van der Waals surface area contributed by atoms with Crippen LogP contribution in [0.4, 0.5) is 0 Å². The summed E-state index contributed by atoms with van der Waals surface area (Å²) in [5.74, 6) is 0.421. The number of hydrogen-bond acceptors (Lipinski definition) is 3. The fraction of sp³-hybridized carbons (Fsp3) is 0.381. The van der Waals surface area contributed by atoms with Crippen molar-refractivity contribution in [1.29, 1.82) is 0 Å². The summed E-state index contributed by atoms with van der Waals surface area (Å²) in [6.45, 7) is 4.34. The van der Waals surface area contributed by atoms with Crippen molar-refractivity contribution >= 4 is 5.71 Å². The van der Waals surface area contributed by atoms with Gasteiger partial charge in [-0.05, 0) is 24.0 Å². The molecule has 1 aliphatic rings. The molecule has 2 aromatic rings. The van der Waals surface area contributed by atoms with Gasteiger partial charge in [0.05, 0.1) is 5.71 Å². The monoisotopic (exact) mass is 322 g/mol. The van der Waals surface area contributed by atoms with Crippen molar-refractivity contribution in [3.05, 3.63) is 71.8 Å². The maximum atomic E-state index is 9.78. The third-order valence-corrected chi connectivity index (χ3v) is 5.24. The summed E-state index contributed by atoms with van der Waals surface area (Å²) in [5.41, 5.74) is 3.43. The van der Waals surface area contributed by atoms with Crippen molar-refractivity contribution in [2.75, 3.05) is 0 Å². The molecule has 3 rings (SSSR count). The van der Waals surface area contributed by atoms with Crippen molar-refractivity contribution in [3.63, 3.8) is 0 Å². The van der Waals surface area contributed by atoms with E-state index in [0.29, 0.717) is 0 Å².